The Hall–Kier alpha value is -1.98. The quantitative estimate of drug-likeness (QED) is 0.788. The number of halogens is 1. The van der Waals surface area contributed by atoms with Gasteiger partial charge in [-0.1, -0.05) is 5.92 Å². The van der Waals surface area contributed by atoms with E-state index in [-0.39, 0.29) is 6.61 Å². The first-order valence-electron chi connectivity index (χ1n) is 4.39. The average Bonchev–Trinajstić information content (AvgIpc) is 2.69. The summed E-state index contributed by atoms with van der Waals surface area (Å²) in [7, 11) is 0. The maximum atomic E-state index is 8.88. The minimum Gasteiger partial charge on any atom is -0.479 e. The zero-order valence-corrected chi connectivity index (χ0v) is 9.73. The van der Waals surface area contributed by atoms with E-state index in [4.69, 9.17) is 16.4 Å². The van der Waals surface area contributed by atoms with Gasteiger partial charge in [0, 0.05) is 4.47 Å². The lowest BCUT2D eigenvalue weighted by molar-refractivity contribution is 0.367. The van der Waals surface area contributed by atoms with Crippen molar-refractivity contribution in [3.05, 3.63) is 28.5 Å². The van der Waals surface area contributed by atoms with Gasteiger partial charge in [0.1, 0.15) is 18.4 Å². The van der Waals surface area contributed by atoms with Gasteiger partial charge in [-0.3, -0.25) is 0 Å². The summed E-state index contributed by atoms with van der Waals surface area (Å²) in [5.74, 6) is 2.98. The van der Waals surface area contributed by atoms with Gasteiger partial charge in [-0.15, -0.1) is 6.42 Å². The molecule has 0 saturated heterocycles. The summed E-state index contributed by atoms with van der Waals surface area (Å²) in [6.45, 7) is 0.199. The molecular weight excluding hydrogens is 270 g/mol. The van der Waals surface area contributed by atoms with Crippen LogP contribution < -0.4 is 4.74 Å². The van der Waals surface area contributed by atoms with Crippen LogP contribution in [-0.2, 0) is 0 Å². The maximum Gasteiger partial charge on any atom is 0.148 e. The normalized spacial score (nSPS) is 9.69. The highest BCUT2D eigenvalue weighted by molar-refractivity contribution is 9.10. The summed E-state index contributed by atoms with van der Waals surface area (Å²) in [5.41, 5.74) is 1.23. The summed E-state index contributed by atoms with van der Waals surface area (Å²) in [6, 6.07) is 3.83. The van der Waals surface area contributed by atoms with Crippen LogP contribution in [0.15, 0.2) is 22.9 Å². The van der Waals surface area contributed by atoms with Gasteiger partial charge in [0.25, 0.3) is 0 Å². The molecule has 0 aliphatic carbocycles. The van der Waals surface area contributed by atoms with E-state index in [1.807, 2.05) is 0 Å². The van der Waals surface area contributed by atoms with Gasteiger partial charge >= 0.3 is 0 Å². The number of hydrogen-bond donors (Lipinski definition) is 0. The molecule has 4 nitrogen and oxygen atoms in total. The SMILES string of the molecule is C#CCOc1cc(Br)c2c(C#N)cnn2c1. The van der Waals surface area contributed by atoms with Gasteiger partial charge in [0.15, 0.2) is 0 Å². The number of ether oxygens (including phenoxy) is 1. The van der Waals surface area contributed by atoms with Crippen molar-refractivity contribution in [3.63, 3.8) is 0 Å². The molecule has 2 heterocycles. The number of nitriles is 1. The van der Waals surface area contributed by atoms with E-state index in [9.17, 15) is 0 Å². The summed E-state index contributed by atoms with van der Waals surface area (Å²) in [6.07, 6.45) is 8.28. The minimum absolute atomic E-state index is 0.199. The van der Waals surface area contributed by atoms with Crippen molar-refractivity contribution in [2.24, 2.45) is 0 Å². The molecule has 16 heavy (non-hydrogen) atoms. The number of rotatable bonds is 2. The van der Waals surface area contributed by atoms with Gasteiger partial charge in [0.2, 0.25) is 0 Å². The molecule has 0 N–H and O–H groups in total. The third-order valence-electron chi connectivity index (χ3n) is 1.98. The Kier molecular flexibility index (Phi) is 2.80. The van der Waals surface area contributed by atoms with Gasteiger partial charge in [-0.2, -0.15) is 10.4 Å². The molecule has 0 radical (unpaired) electrons. The van der Waals surface area contributed by atoms with Crippen molar-refractivity contribution in [3.8, 4) is 24.2 Å². The largest absolute Gasteiger partial charge is 0.479 e. The van der Waals surface area contributed by atoms with Crippen molar-refractivity contribution in [1.82, 2.24) is 9.61 Å². The second-order valence-corrected chi connectivity index (χ2v) is 3.83. The highest BCUT2D eigenvalue weighted by Crippen LogP contribution is 2.25. The monoisotopic (exact) mass is 275 g/mol. The Morgan fingerprint density at radius 2 is 2.44 bits per heavy atom. The smallest absolute Gasteiger partial charge is 0.148 e. The van der Waals surface area contributed by atoms with Crippen LogP contribution in [0.3, 0.4) is 0 Å². The Morgan fingerprint density at radius 1 is 1.62 bits per heavy atom. The first-order valence-corrected chi connectivity index (χ1v) is 5.19. The van der Waals surface area contributed by atoms with Crippen molar-refractivity contribution in [2.75, 3.05) is 6.61 Å². The topological polar surface area (TPSA) is 50.3 Å². The van der Waals surface area contributed by atoms with Crippen LogP contribution in [0.5, 0.6) is 5.75 Å². The number of nitrogens with zero attached hydrogens (tertiary/aromatic N) is 3. The standard InChI is InChI=1S/C11H6BrN3O/c1-2-3-16-9-4-10(12)11-8(5-13)6-14-15(11)7-9/h1,4,6-7H,3H2. The number of fused-ring (bicyclic) bond motifs is 1. The van der Waals surface area contributed by atoms with E-state index in [2.05, 4.69) is 33.0 Å². The van der Waals surface area contributed by atoms with Crippen LogP contribution in [0.1, 0.15) is 5.56 Å². The first-order chi connectivity index (χ1) is 7.76. The van der Waals surface area contributed by atoms with Gasteiger partial charge < -0.3 is 4.74 Å². The van der Waals surface area contributed by atoms with Crippen LogP contribution in [0, 0.1) is 23.7 Å². The van der Waals surface area contributed by atoms with Crippen molar-refractivity contribution in [1.29, 1.82) is 5.26 Å². The fraction of sp³-hybridized carbons (Fsp3) is 0.0909. The molecule has 0 aliphatic heterocycles. The Morgan fingerprint density at radius 3 is 3.12 bits per heavy atom. The van der Waals surface area contributed by atoms with E-state index in [1.54, 1.807) is 16.8 Å². The van der Waals surface area contributed by atoms with Crippen LogP contribution in [0.4, 0.5) is 0 Å². The van der Waals surface area contributed by atoms with Crippen molar-refractivity contribution < 1.29 is 4.74 Å². The zero-order chi connectivity index (χ0) is 11.5. The number of aromatic nitrogens is 2. The number of hydrogen-bond acceptors (Lipinski definition) is 3. The lowest BCUT2D eigenvalue weighted by atomic mass is 10.3. The molecule has 5 heteroatoms. The predicted octanol–water partition coefficient (Wildman–Crippen LogP) is 1.98. The third-order valence-corrected chi connectivity index (χ3v) is 2.59. The Balaban J connectivity index is 2.54. The van der Waals surface area contributed by atoms with E-state index in [0.717, 1.165) is 9.99 Å². The molecule has 2 rings (SSSR count). The van der Waals surface area contributed by atoms with Crippen molar-refractivity contribution >= 4 is 21.4 Å². The summed E-state index contributed by atoms with van der Waals surface area (Å²) < 4.78 is 7.60. The average molecular weight is 276 g/mol. The van der Waals surface area contributed by atoms with Crippen LogP contribution in [-0.4, -0.2) is 16.2 Å². The van der Waals surface area contributed by atoms with Crippen LogP contribution in [0.25, 0.3) is 5.52 Å². The molecule has 0 unspecified atom stereocenters. The molecule has 0 aliphatic rings. The molecule has 0 fully saturated rings. The van der Waals surface area contributed by atoms with E-state index in [1.165, 1.54) is 6.20 Å². The summed E-state index contributed by atoms with van der Waals surface area (Å²) >= 11 is 3.37. The number of terminal acetylenes is 1. The third kappa shape index (κ3) is 1.73. The molecule has 0 bridgehead atoms. The van der Waals surface area contributed by atoms with E-state index >= 15 is 0 Å². The number of pyridine rings is 1. The fourth-order valence-electron chi connectivity index (χ4n) is 1.33. The minimum atomic E-state index is 0.199. The van der Waals surface area contributed by atoms with Crippen LogP contribution >= 0.6 is 15.9 Å². The van der Waals surface area contributed by atoms with Gasteiger partial charge in [-0.05, 0) is 22.0 Å². The second-order valence-electron chi connectivity index (χ2n) is 2.98. The maximum absolute atomic E-state index is 8.88. The molecule has 2 aromatic rings. The fourth-order valence-corrected chi connectivity index (χ4v) is 1.96. The molecule has 0 aromatic carbocycles. The molecule has 0 atom stereocenters. The summed E-state index contributed by atoms with van der Waals surface area (Å²) in [4.78, 5) is 0. The zero-order valence-electron chi connectivity index (χ0n) is 8.14. The highest BCUT2D eigenvalue weighted by atomic mass is 79.9. The summed E-state index contributed by atoms with van der Waals surface area (Å²) in [5, 5.41) is 12.9. The Labute approximate surface area is 101 Å². The first kappa shape index (κ1) is 10.5. The highest BCUT2D eigenvalue weighted by Gasteiger charge is 2.09. The van der Waals surface area contributed by atoms with Gasteiger partial charge in [0.05, 0.1) is 23.5 Å². The molecule has 0 amide bonds. The van der Waals surface area contributed by atoms with E-state index in [0.29, 0.717) is 11.3 Å². The van der Waals surface area contributed by atoms with Gasteiger partial charge in [-0.25, -0.2) is 4.52 Å². The lowest BCUT2D eigenvalue weighted by Crippen LogP contribution is -1.96. The Bertz CT molecular complexity index is 618. The molecule has 0 spiro atoms. The van der Waals surface area contributed by atoms with E-state index < -0.39 is 0 Å². The molecule has 2 aromatic heterocycles. The second kappa shape index (κ2) is 4.26. The van der Waals surface area contributed by atoms with Crippen LogP contribution in [0.2, 0.25) is 0 Å². The van der Waals surface area contributed by atoms with Crippen molar-refractivity contribution in [2.45, 2.75) is 0 Å². The molecule has 0 saturated carbocycles. The molecular formula is C11H6BrN3O. The predicted molar refractivity (Wildman–Crippen MR) is 61.9 cm³/mol. The molecule has 78 valence electrons. The lowest BCUT2D eigenvalue weighted by Gasteiger charge is -2.04.